The van der Waals surface area contributed by atoms with Crippen LogP contribution in [-0.2, 0) is 23.8 Å². The van der Waals surface area contributed by atoms with Crippen LogP contribution >= 0.6 is 23.2 Å². The van der Waals surface area contributed by atoms with Gasteiger partial charge in [-0.1, -0.05) is 29.3 Å². The summed E-state index contributed by atoms with van der Waals surface area (Å²) >= 11 is 12.0. The van der Waals surface area contributed by atoms with Crippen molar-refractivity contribution in [3.8, 4) is 0 Å². The number of methoxy groups -OCH3 is 1. The minimum Gasteiger partial charge on any atom is -0.497 e. The third kappa shape index (κ3) is 3.52. The number of hydrogen-bond donors (Lipinski definition) is 1. The summed E-state index contributed by atoms with van der Waals surface area (Å²) in [4.78, 5) is 23.0. The molecule has 0 saturated carbocycles. The fourth-order valence-corrected chi connectivity index (χ4v) is 2.53. The zero-order chi connectivity index (χ0) is 16.3. The van der Waals surface area contributed by atoms with Gasteiger partial charge in [-0.05, 0) is 12.1 Å². The molecule has 1 heterocycles. The van der Waals surface area contributed by atoms with Crippen molar-refractivity contribution in [2.45, 2.75) is 12.2 Å². The van der Waals surface area contributed by atoms with E-state index in [9.17, 15) is 9.59 Å². The lowest BCUT2D eigenvalue weighted by Gasteiger charge is -2.25. The van der Waals surface area contributed by atoms with E-state index in [1.165, 1.54) is 19.3 Å². The van der Waals surface area contributed by atoms with E-state index < -0.39 is 24.1 Å². The van der Waals surface area contributed by atoms with Gasteiger partial charge in [0.15, 0.2) is 12.2 Å². The maximum Gasteiger partial charge on any atom is 0.335 e. The maximum atomic E-state index is 11.6. The highest BCUT2D eigenvalue weighted by Crippen LogP contribution is 2.36. The Kier molecular flexibility index (Phi) is 5.28. The lowest BCUT2D eigenvalue weighted by atomic mass is 10.0. The number of esters is 2. The van der Waals surface area contributed by atoms with Crippen LogP contribution in [0.25, 0.3) is 0 Å². The largest absolute Gasteiger partial charge is 0.497 e. The Bertz CT molecular complexity index is 632. The summed E-state index contributed by atoms with van der Waals surface area (Å²) in [6, 6.07) is 4.66. The molecular formula is C14H13Cl2NO5. The van der Waals surface area contributed by atoms with E-state index in [0.29, 0.717) is 10.6 Å². The van der Waals surface area contributed by atoms with Crippen molar-refractivity contribution in [1.82, 2.24) is 0 Å². The molecule has 1 aromatic rings. The molecule has 1 aliphatic heterocycles. The number of hydrogen-bond acceptors (Lipinski definition) is 6. The first-order valence-corrected chi connectivity index (χ1v) is 7.02. The van der Waals surface area contributed by atoms with Crippen molar-refractivity contribution < 1.29 is 23.8 Å². The second kappa shape index (κ2) is 7.00. The summed E-state index contributed by atoms with van der Waals surface area (Å²) in [7, 11) is 1.38. The monoisotopic (exact) mass is 345 g/mol. The Hall–Kier alpha value is -1.76. The number of cyclic esters (lactones) is 1. The van der Waals surface area contributed by atoms with Crippen LogP contribution in [0.4, 0.5) is 0 Å². The van der Waals surface area contributed by atoms with Gasteiger partial charge in [-0.2, -0.15) is 0 Å². The molecule has 8 heteroatoms. The predicted molar refractivity (Wildman–Crippen MR) is 79.3 cm³/mol. The van der Waals surface area contributed by atoms with Gasteiger partial charge < -0.3 is 19.9 Å². The second-order valence-corrected chi connectivity index (χ2v) is 5.23. The predicted octanol–water partition coefficient (Wildman–Crippen LogP) is 1.99. The van der Waals surface area contributed by atoms with Crippen molar-refractivity contribution >= 4 is 35.1 Å². The highest BCUT2D eigenvalue weighted by atomic mass is 35.5. The number of nitrogens with two attached hydrogens (primary N) is 1. The normalized spacial score (nSPS) is 18.5. The smallest absolute Gasteiger partial charge is 0.335 e. The molecule has 2 unspecified atom stereocenters. The van der Waals surface area contributed by atoms with Crippen LogP contribution in [0.3, 0.4) is 0 Å². The third-order valence-corrected chi connectivity index (χ3v) is 3.55. The lowest BCUT2D eigenvalue weighted by Crippen LogP contribution is -2.29. The Morgan fingerprint density at radius 1 is 1.45 bits per heavy atom. The van der Waals surface area contributed by atoms with Gasteiger partial charge in [0.1, 0.15) is 5.76 Å². The van der Waals surface area contributed by atoms with Crippen LogP contribution in [0.2, 0.25) is 10.0 Å². The van der Waals surface area contributed by atoms with Crippen LogP contribution in [0.5, 0.6) is 0 Å². The number of carbonyl (C=O) groups excluding carboxylic acids is 2. The quantitative estimate of drug-likeness (QED) is 0.821. The summed E-state index contributed by atoms with van der Waals surface area (Å²) in [6.07, 6.45) is -0.747. The molecule has 0 aliphatic carbocycles. The van der Waals surface area contributed by atoms with Crippen molar-refractivity contribution in [1.29, 1.82) is 0 Å². The molecule has 0 spiro atoms. The molecule has 0 amide bonds. The zero-order valence-electron chi connectivity index (χ0n) is 11.5. The van der Waals surface area contributed by atoms with Gasteiger partial charge in [-0.25, -0.2) is 4.79 Å². The van der Waals surface area contributed by atoms with Gasteiger partial charge in [0.05, 0.1) is 19.7 Å². The highest BCUT2D eigenvalue weighted by Gasteiger charge is 2.39. The second-order valence-electron chi connectivity index (χ2n) is 4.39. The minimum atomic E-state index is -0.988. The van der Waals surface area contributed by atoms with Crippen molar-refractivity contribution in [3.63, 3.8) is 0 Å². The summed E-state index contributed by atoms with van der Waals surface area (Å²) in [5, 5.41) is 0.685. The fourth-order valence-electron chi connectivity index (χ4n) is 2.01. The van der Waals surface area contributed by atoms with Gasteiger partial charge in [0, 0.05) is 15.6 Å². The van der Waals surface area contributed by atoms with Crippen LogP contribution in [-0.4, -0.2) is 31.7 Å². The molecule has 2 N–H and O–H groups in total. The summed E-state index contributed by atoms with van der Waals surface area (Å²) in [5.74, 6) is -1.04. The molecule has 0 aromatic heterocycles. The molecule has 118 valence electrons. The SMILES string of the molecule is COC1=CC(=O)OC1C(OC(=O)CN)c1ccc(Cl)cc1Cl. The molecule has 22 heavy (non-hydrogen) atoms. The van der Waals surface area contributed by atoms with Crippen molar-refractivity contribution in [2.75, 3.05) is 13.7 Å². The fraction of sp³-hybridized carbons (Fsp3) is 0.286. The molecule has 6 nitrogen and oxygen atoms in total. The molecule has 1 aliphatic rings. The molecule has 2 atom stereocenters. The first kappa shape index (κ1) is 16.6. The Labute approximate surface area is 136 Å². The average Bonchev–Trinajstić information content (AvgIpc) is 2.86. The van der Waals surface area contributed by atoms with Crippen molar-refractivity contribution in [3.05, 3.63) is 45.6 Å². The van der Waals surface area contributed by atoms with Gasteiger partial charge in [0.2, 0.25) is 0 Å². The summed E-state index contributed by atoms with van der Waals surface area (Å²) < 4.78 is 15.5. The third-order valence-electron chi connectivity index (χ3n) is 2.99. The lowest BCUT2D eigenvalue weighted by molar-refractivity contribution is -0.161. The van der Waals surface area contributed by atoms with E-state index in [1.54, 1.807) is 12.1 Å². The topological polar surface area (TPSA) is 87.9 Å². The first-order valence-electron chi connectivity index (χ1n) is 6.27. The highest BCUT2D eigenvalue weighted by molar-refractivity contribution is 6.35. The van der Waals surface area contributed by atoms with Crippen LogP contribution in [0.15, 0.2) is 30.0 Å². The number of rotatable bonds is 5. The molecule has 0 saturated heterocycles. The average molecular weight is 346 g/mol. The van der Waals surface area contributed by atoms with Gasteiger partial charge in [-0.15, -0.1) is 0 Å². The molecule has 2 rings (SSSR count). The van der Waals surface area contributed by atoms with Crippen LogP contribution in [0, 0.1) is 0 Å². The molecule has 0 bridgehead atoms. The van der Waals surface area contributed by atoms with E-state index in [0.717, 1.165) is 0 Å². The Balaban J connectivity index is 2.41. The Morgan fingerprint density at radius 2 is 2.18 bits per heavy atom. The summed E-state index contributed by atoms with van der Waals surface area (Å²) in [6.45, 7) is -0.325. The number of ether oxygens (including phenoxy) is 3. The molecular weight excluding hydrogens is 333 g/mol. The van der Waals surface area contributed by atoms with Crippen molar-refractivity contribution in [2.24, 2.45) is 5.73 Å². The zero-order valence-corrected chi connectivity index (χ0v) is 13.1. The van der Waals surface area contributed by atoms with Crippen LogP contribution < -0.4 is 5.73 Å². The van der Waals surface area contributed by atoms with E-state index >= 15 is 0 Å². The number of carbonyl (C=O) groups is 2. The van der Waals surface area contributed by atoms with E-state index in [-0.39, 0.29) is 17.3 Å². The van der Waals surface area contributed by atoms with Gasteiger partial charge >= 0.3 is 11.9 Å². The standard InChI is InChI=1S/C14H13Cl2NO5/c1-20-10-5-11(18)21-14(10)13(22-12(19)6-17)8-3-2-7(15)4-9(8)16/h2-5,13-14H,6,17H2,1H3. The van der Waals surface area contributed by atoms with Gasteiger partial charge in [-0.3, -0.25) is 4.79 Å². The molecule has 0 radical (unpaired) electrons. The maximum absolute atomic E-state index is 11.6. The van der Waals surface area contributed by atoms with E-state index in [1.807, 2.05) is 0 Å². The molecule has 0 fully saturated rings. The van der Waals surface area contributed by atoms with E-state index in [2.05, 4.69) is 0 Å². The van der Waals surface area contributed by atoms with E-state index in [4.69, 9.17) is 43.1 Å². The number of benzene rings is 1. The number of halogens is 2. The molecule has 1 aromatic carbocycles. The Morgan fingerprint density at radius 3 is 2.77 bits per heavy atom. The van der Waals surface area contributed by atoms with Gasteiger partial charge in [0.25, 0.3) is 0 Å². The van der Waals surface area contributed by atoms with Crippen LogP contribution in [0.1, 0.15) is 11.7 Å². The minimum absolute atomic E-state index is 0.228. The summed E-state index contributed by atoms with van der Waals surface area (Å²) in [5.41, 5.74) is 5.70. The first-order chi connectivity index (χ1) is 10.5.